The van der Waals surface area contributed by atoms with Crippen molar-refractivity contribution in [3.05, 3.63) is 57.2 Å². The molecule has 0 atom stereocenters. The monoisotopic (exact) mass is 426 g/mol. The topological polar surface area (TPSA) is 70.4 Å². The van der Waals surface area contributed by atoms with Crippen LogP contribution in [-0.2, 0) is 19.4 Å². The van der Waals surface area contributed by atoms with Crippen LogP contribution in [0.3, 0.4) is 0 Å². The number of benzene rings is 1. The number of carbonyl (C=O) groups excluding carboxylic acids is 1. The molecule has 5 rings (SSSR count). The maximum atomic E-state index is 13.2. The Balaban J connectivity index is 1.45. The van der Waals surface area contributed by atoms with Gasteiger partial charge in [-0.2, -0.15) is 0 Å². The van der Waals surface area contributed by atoms with Gasteiger partial charge in [0.2, 0.25) is 6.79 Å². The van der Waals surface area contributed by atoms with Gasteiger partial charge in [0.05, 0.1) is 11.1 Å². The number of carbonyl (C=O) groups is 1. The summed E-state index contributed by atoms with van der Waals surface area (Å²) in [5.41, 5.74) is 1.68. The number of thiophene rings is 1. The van der Waals surface area contributed by atoms with Crippen molar-refractivity contribution in [2.75, 3.05) is 12.5 Å². The Kier molecular flexibility index (Phi) is 4.67. The molecule has 0 fully saturated rings. The predicted molar refractivity (Wildman–Crippen MR) is 114 cm³/mol. The molecule has 0 N–H and O–H groups in total. The Morgan fingerprint density at radius 2 is 2.17 bits per heavy atom. The number of aromatic nitrogens is 2. The van der Waals surface area contributed by atoms with Gasteiger partial charge in [0, 0.05) is 17.0 Å². The van der Waals surface area contributed by atoms with E-state index in [1.165, 1.54) is 16.6 Å². The lowest BCUT2D eigenvalue weighted by molar-refractivity contribution is 0.102. The molecular weight excluding hydrogens is 408 g/mol. The first-order valence-electron chi connectivity index (χ1n) is 9.37. The summed E-state index contributed by atoms with van der Waals surface area (Å²) in [5, 5.41) is 1.30. The molecule has 0 amide bonds. The number of fused-ring (bicyclic) bond motifs is 4. The average Bonchev–Trinajstić information content (AvgIpc) is 3.43. The van der Waals surface area contributed by atoms with Crippen molar-refractivity contribution in [1.82, 2.24) is 9.55 Å². The molecule has 1 aromatic carbocycles. The average molecular weight is 427 g/mol. The largest absolute Gasteiger partial charge is 0.454 e. The molecule has 0 radical (unpaired) electrons. The van der Waals surface area contributed by atoms with Crippen LogP contribution in [0.15, 0.2) is 40.8 Å². The van der Waals surface area contributed by atoms with Crippen LogP contribution < -0.4 is 15.0 Å². The third-order valence-corrected chi connectivity index (χ3v) is 7.29. The van der Waals surface area contributed by atoms with E-state index in [-0.39, 0.29) is 23.9 Å². The highest BCUT2D eigenvalue weighted by Crippen LogP contribution is 2.36. The van der Waals surface area contributed by atoms with E-state index in [9.17, 15) is 9.59 Å². The second-order valence-corrected chi connectivity index (χ2v) is 8.94. The maximum Gasteiger partial charge on any atom is 0.263 e. The molecule has 0 saturated heterocycles. The van der Waals surface area contributed by atoms with Crippen molar-refractivity contribution < 1.29 is 14.3 Å². The fraction of sp³-hybridized carbons (Fsp3) is 0.286. The van der Waals surface area contributed by atoms with Gasteiger partial charge in [-0.05, 0) is 43.0 Å². The van der Waals surface area contributed by atoms with Crippen LogP contribution in [-0.4, -0.2) is 27.9 Å². The maximum absolute atomic E-state index is 13.2. The molecule has 148 valence electrons. The van der Waals surface area contributed by atoms with Gasteiger partial charge in [-0.25, -0.2) is 4.98 Å². The van der Waals surface area contributed by atoms with Crippen LogP contribution >= 0.6 is 23.1 Å². The normalized spacial score (nSPS) is 14.3. The van der Waals surface area contributed by atoms with Gasteiger partial charge < -0.3 is 9.47 Å². The first kappa shape index (κ1) is 18.4. The fourth-order valence-electron chi connectivity index (χ4n) is 3.74. The van der Waals surface area contributed by atoms with Crippen molar-refractivity contribution in [2.24, 2.45) is 0 Å². The van der Waals surface area contributed by atoms with E-state index in [0.29, 0.717) is 28.8 Å². The number of ketones is 1. The van der Waals surface area contributed by atoms with Crippen molar-refractivity contribution in [3.8, 4) is 11.5 Å². The number of Topliss-reactive ketones (excluding diaryl/α,β-unsaturated/α-hetero) is 1. The van der Waals surface area contributed by atoms with Gasteiger partial charge in [0.15, 0.2) is 22.4 Å². The van der Waals surface area contributed by atoms with Crippen molar-refractivity contribution in [1.29, 1.82) is 0 Å². The highest BCUT2D eigenvalue weighted by Gasteiger charge is 2.23. The lowest BCUT2D eigenvalue weighted by Gasteiger charge is -2.10. The Bertz CT molecular complexity index is 1210. The third-order valence-electron chi connectivity index (χ3n) is 5.13. The van der Waals surface area contributed by atoms with Crippen molar-refractivity contribution in [2.45, 2.75) is 31.0 Å². The lowest BCUT2D eigenvalue weighted by Crippen LogP contribution is -2.23. The number of rotatable bonds is 6. The summed E-state index contributed by atoms with van der Waals surface area (Å²) in [5.74, 6) is 1.35. The van der Waals surface area contributed by atoms with Crippen LogP contribution in [0, 0.1) is 0 Å². The number of nitrogens with zero attached hydrogens (tertiary/aromatic N) is 2. The molecule has 0 saturated carbocycles. The lowest BCUT2D eigenvalue weighted by atomic mass is 10.1. The van der Waals surface area contributed by atoms with E-state index in [0.717, 1.165) is 35.0 Å². The number of hydrogen-bond donors (Lipinski definition) is 0. The summed E-state index contributed by atoms with van der Waals surface area (Å²) in [6.07, 6.45) is 4.74. The van der Waals surface area contributed by atoms with Crippen molar-refractivity contribution >= 4 is 39.1 Å². The molecule has 29 heavy (non-hydrogen) atoms. The molecule has 1 aliphatic carbocycles. The first-order valence-corrected chi connectivity index (χ1v) is 11.2. The summed E-state index contributed by atoms with van der Waals surface area (Å²) in [6.45, 7) is 4.31. The van der Waals surface area contributed by atoms with Crippen LogP contribution in [0.2, 0.25) is 0 Å². The summed E-state index contributed by atoms with van der Waals surface area (Å²) in [6, 6.07) is 5.17. The number of thioether (sulfide) groups is 1. The Morgan fingerprint density at radius 1 is 1.31 bits per heavy atom. The fourth-order valence-corrected chi connectivity index (χ4v) is 5.95. The summed E-state index contributed by atoms with van der Waals surface area (Å²) in [7, 11) is 0. The van der Waals surface area contributed by atoms with Crippen LogP contribution in [0.4, 0.5) is 0 Å². The van der Waals surface area contributed by atoms with Crippen molar-refractivity contribution in [3.63, 3.8) is 0 Å². The van der Waals surface area contributed by atoms with E-state index in [2.05, 4.69) is 6.58 Å². The van der Waals surface area contributed by atoms with Gasteiger partial charge >= 0.3 is 0 Å². The predicted octanol–water partition coefficient (Wildman–Crippen LogP) is 3.84. The van der Waals surface area contributed by atoms with Gasteiger partial charge in [0.25, 0.3) is 5.56 Å². The van der Waals surface area contributed by atoms with E-state index in [1.54, 1.807) is 40.2 Å². The Hall–Kier alpha value is -2.58. The molecule has 0 spiro atoms. The molecular formula is C21H18N2O4S2. The minimum atomic E-state index is -0.0542. The number of aryl methyl sites for hydroxylation is 2. The zero-order valence-electron chi connectivity index (χ0n) is 15.6. The second kappa shape index (κ2) is 7.35. The van der Waals surface area contributed by atoms with Gasteiger partial charge in [-0.15, -0.1) is 17.9 Å². The Morgan fingerprint density at radius 3 is 3.03 bits per heavy atom. The molecule has 2 aliphatic rings. The molecule has 1 aliphatic heterocycles. The van der Waals surface area contributed by atoms with E-state index >= 15 is 0 Å². The van der Waals surface area contributed by atoms with Gasteiger partial charge in [0.1, 0.15) is 4.83 Å². The second-order valence-electron chi connectivity index (χ2n) is 6.92. The van der Waals surface area contributed by atoms with Crippen LogP contribution in [0.1, 0.15) is 27.2 Å². The number of allylic oxidation sites excluding steroid dienone is 1. The summed E-state index contributed by atoms with van der Waals surface area (Å²) < 4.78 is 12.3. The zero-order valence-corrected chi connectivity index (χ0v) is 17.2. The smallest absolute Gasteiger partial charge is 0.263 e. The standard InChI is InChI=1S/C21H18N2O4S2/c1-2-8-23-20(25)18-13-4-3-5-17(13)29-19(18)22-21(23)28-10-14(24)12-6-7-15-16(9-12)27-11-26-15/h2,6-7,9H,1,3-5,8,10-11H2. The van der Waals surface area contributed by atoms with Gasteiger partial charge in [-0.1, -0.05) is 17.8 Å². The Labute approximate surface area is 175 Å². The van der Waals surface area contributed by atoms with E-state index in [4.69, 9.17) is 14.5 Å². The van der Waals surface area contributed by atoms with E-state index in [1.807, 2.05) is 0 Å². The minimum absolute atomic E-state index is 0.0349. The molecule has 3 heterocycles. The molecule has 0 unspecified atom stereocenters. The molecule has 3 aromatic rings. The number of ether oxygens (including phenoxy) is 2. The molecule has 6 nitrogen and oxygen atoms in total. The molecule has 0 bridgehead atoms. The van der Waals surface area contributed by atoms with Crippen LogP contribution in [0.5, 0.6) is 11.5 Å². The molecule has 8 heteroatoms. The third kappa shape index (κ3) is 3.16. The SMILES string of the molecule is C=CCn1c(SCC(=O)c2ccc3c(c2)OCO3)nc2sc3c(c2c1=O)CCC3. The summed E-state index contributed by atoms with van der Waals surface area (Å²) >= 11 is 2.89. The van der Waals surface area contributed by atoms with Crippen LogP contribution in [0.25, 0.3) is 10.2 Å². The summed E-state index contributed by atoms with van der Waals surface area (Å²) in [4.78, 5) is 32.6. The van der Waals surface area contributed by atoms with Gasteiger partial charge in [-0.3, -0.25) is 14.2 Å². The zero-order chi connectivity index (χ0) is 20.0. The first-order chi connectivity index (χ1) is 14.2. The highest BCUT2D eigenvalue weighted by atomic mass is 32.2. The number of hydrogen-bond acceptors (Lipinski definition) is 7. The quantitative estimate of drug-likeness (QED) is 0.258. The minimum Gasteiger partial charge on any atom is -0.454 e. The highest BCUT2D eigenvalue weighted by molar-refractivity contribution is 7.99. The van der Waals surface area contributed by atoms with E-state index < -0.39 is 0 Å². The molecule has 2 aromatic heterocycles.